The van der Waals surface area contributed by atoms with Gasteiger partial charge in [0.25, 0.3) is 0 Å². The third-order valence-corrected chi connectivity index (χ3v) is 7.83. The topological polar surface area (TPSA) is 60.4 Å². The number of hydrogen-bond acceptors (Lipinski definition) is 4. The highest BCUT2D eigenvalue weighted by Crippen LogP contribution is 2.65. The standard InChI is InChI=1S/C23H27FO4/c1-13(25)28-12-21(27)18-5-4-16-15-11-20(24)19-10-14(26)6-8-23(19,3)17(15)7-9-22(16,18)2/h5-6,8,10,15-17,20H,4,7,9,11-12H2,1-3H3/t15-,16-,17-,20-,22-,23+/m0/s1. The first-order valence-electron chi connectivity index (χ1n) is 10.1. The quantitative estimate of drug-likeness (QED) is 0.690. The van der Waals surface area contributed by atoms with Gasteiger partial charge in [0, 0.05) is 17.9 Å². The van der Waals surface area contributed by atoms with Gasteiger partial charge in [-0.3, -0.25) is 14.4 Å². The zero-order valence-electron chi connectivity index (χ0n) is 16.7. The van der Waals surface area contributed by atoms with E-state index in [1.807, 2.05) is 12.2 Å². The molecule has 0 radical (unpaired) electrons. The number of ketones is 2. The SMILES string of the molecule is CC(=O)OCC(=O)C1=CC[C@H]2[C@@H]3C[C@H](F)C4=CC(=O)C=C[C@]4(C)[C@H]3CC[C@]12C. The van der Waals surface area contributed by atoms with Gasteiger partial charge >= 0.3 is 5.97 Å². The molecule has 0 aromatic rings. The molecule has 0 bridgehead atoms. The van der Waals surface area contributed by atoms with Crippen molar-refractivity contribution in [2.24, 2.45) is 28.6 Å². The van der Waals surface area contributed by atoms with Gasteiger partial charge in [-0.2, -0.15) is 0 Å². The third kappa shape index (κ3) is 2.73. The number of hydrogen-bond donors (Lipinski definition) is 0. The zero-order valence-corrected chi connectivity index (χ0v) is 16.7. The number of Topliss-reactive ketones (excluding diaryl/α,β-unsaturated/α-hetero) is 1. The smallest absolute Gasteiger partial charge is 0.303 e. The van der Waals surface area contributed by atoms with E-state index in [0.29, 0.717) is 12.0 Å². The Kier molecular flexibility index (Phi) is 4.48. The summed E-state index contributed by atoms with van der Waals surface area (Å²) in [5, 5.41) is 0. The lowest BCUT2D eigenvalue weighted by molar-refractivity contribution is -0.145. The summed E-state index contributed by atoms with van der Waals surface area (Å²) in [7, 11) is 0. The van der Waals surface area contributed by atoms with Crippen molar-refractivity contribution in [1.29, 1.82) is 0 Å². The van der Waals surface area contributed by atoms with Crippen molar-refractivity contribution >= 4 is 17.5 Å². The molecule has 4 aliphatic carbocycles. The zero-order chi connectivity index (χ0) is 20.3. The van der Waals surface area contributed by atoms with Gasteiger partial charge in [0.2, 0.25) is 0 Å². The maximum atomic E-state index is 15.2. The van der Waals surface area contributed by atoms with Crippen LogP contribution in [0.1, 0.15) is 46.5 Å². The summed E-state index contributed by atoms with van der Waals surface area (Å²) in [5.74, 6) is -0.106. The number of halogens is 1. The Labute approximate surface area is 164 Å². The van der Waals surface area contributed by atoms with E-state index in [9.17, 15) is 14.4 Å². The molecule has 0 N–H and O–H groups in total. The molecule has 4 aliphatic rings. The molecule has 0 heterocycles. The Morgan fingerprint density at radius 3 is 2.75 bits per heavy atom. The Balaban J connectivity index is 1.61. The summed E-state index contributed by atoms with van der Waals surface area (Å²) in [6.07, 6.45) is 8.74. The summed E-state index contributed by atoms with van der Waals surface area (Å²) in [4.78, 5) is 35.6. The van der Waals surface area contributed by atoms with E-state index in [0.717, 1.165) is 24.8 Å². The molecule has 150 valence electrons. The van der Waals surface area contributed by atoms with E-state index in [-0.39, 0.29) is 41.3 Å². The van der Waals surface area contributed by atoms with Crippen molar-refractivity contribution in [2.75, 3.05) is 6.61 Å². The Morgan fingerprint density at radius 2 is 2.04 bits per heavy atom. The van der Waals surface area contributed by atoms with Gasteiger partial charge in [0.15, 0.2) is 18.2 Å². The average molecular weight is 386 g/mol. The largest absolute Gasteiger partial charge is 0.457 e. The molecule has 0 saturated heterocycles. The van der Waals surface area contributed by atoms with Crippen LogP contribution in [0.5, 0.6) is 0 Å². The minimum absolute atomic E-state index is 0.130. The van der Waals surface area contributed by atoms with Crippen molar-refractivity contribution in [2.45, 2.75) is 52.6 Å². The lowest BCUT2D eigenvalue weighted by atomic mass is 9.47. The number of rotatable bonds is 3. The van der Waals surface area contributed by atoms with Crippen LogP contribution in [0.15, 0.2) is 35.5 Å². The van der Waals surface area contributed by atoms with Crippen molar-refractivity contribution < 1.29 is 23.5 Å². The number of allylic oxidation sites excluding steroid dienone is 5. The van der Waals surface area contributed by atoms with E-state index >= 15 is 4.39 Å². The molecule has 2 fully saturated rings. The van der Waals surface area contributed by atoms with E-state index in [1.165, 1.54) is 13.0 Å². The number of carbonyl (C=O) groups is 3. The first kappa shape index (κ1) is 19.3. The number of fused-ring (bicyclic) bond motifs is 5. The van der Waals surface area contributed by atoms with Crippen molar-refractivity contribution in [3.05, 3.63) is 35.5 Å². The van der Waals surface area contributed by atoms with Gasteiger partial charge in [-0.15, -0.1) is 0 Å². The monoisotopic (exact) mass is 386 g/mol. The second-order valence-electron chi connectivity index (χ2n) is 9.21. The van der Waals surface area contributed by atoms with Gasteiger partial charge in [-0.1, -0.05) is 26.0 Å². The molecule has 2 saturated carbocycles. The highest BCUT2D eigenvalue weighted by Gasteiger charge is 2.59. The van der Waals surface area contributed by atoms with Crippen LogP contribution in [0.25, 0.3) is 0 Å². The predicted octanol–water partition coefficient (Wildman–Crippen LogP) is 3.91. The maximum absolute atomic E-state index is 15.2. The van der Waals surface area contributed by atoms with Crippen LogP contribution < -0.4 is 0 Å². The van der Waals surface area contributed by atoms with Gasteiger partial charge < -0.3 is 4.74 Å². The van der Waals surface area contributed by atoms with Crippen LogP contribution in [0.3, 0.4) is 0 Å². The van der Waals surface area contributed by atoms with Crippen LogP contribution in [-0.4, -0.2) is 30.3 Å². The van der Waals surface area contributed by atoms with E-state index in [4.69, 9.17) is 4.74 Å². The summed E-state index contributed by atoms with van der Waals surface area (Å²) in [6.45, 7) is 5.24. The molecule has 5 heteroatoms. The van der Waals surface area contributed by atoms with Crippen LogP contribution >= 0.6 is 0 Å². The Morgan fingerprint density at radius 1 is 1.29 bits per heavy atom. The summed E-state index contributed by atoms with van der Waals surface area (Å²) in [5.41, 5.74) is 0.641. The summed E-state index contributed by atoms with van der Waals surface area (Å²) in [6, 6.07) is 0. The molecular formula is C23H27FO4. The molecule has 4 rings (SSSR count). The fraction of sp³-hybridized carbons (Fsp3) is 0.609. The summed E-state index contributed by atoms with van der Waals surface area (Å²) < 4.78 is 20.1. The molecule has 0 spiro atoms. The average Bonchev–Trinajstić information content (AvgIpc) is 2.99. The molecule has 0 aromatic heterocycles. The normalized spacial score (nSPS) is 41.4. The molecule has 28 heavy (non-hydrogen) atoms. The Hall–Kier alpha value is -2.04. The fourth-order valence-corrected chi connectivity index (χ4v) is 6.45. The first-order valence-corrected chi connectivity index (χ1v) is 10.1. The van der Waals surface area contributed by atoms with Gasteiger partial charge in [0.05, 0.1) is 0 Å². The highest BCUT2D eigenvalue weighted by molar-refractivity contribution is 6.01. The van der Waals surface area contributed by atoms with Crippen LogP contribution in [0, 0.1) is 28.6 Å². The molecule has 4 nitrogen and oxygen atoms in total. The van der Waals surface area contributed by atoms with Crippen molar-refractivity contribution in [3.63, 3.8) is 0 Å². The molecule has 0 aliphatic heterocycles. The molecular weight excluding hydrogens is 359 g/mol. The second kappa shape index (κ2) is 6.50. The number of esters is 1. The van der Waals surface area contributed by atoms with E-state index < -0.39 is 17.6 Å². The van der Waals surface area contributed by atoms with Crippen LogP contribution in [-0.2, 0) is 19.1 Å². The number of alkyl halides is 1. The molecule has 6 atom stereocenters. The van der Waals surface area contributed by atoms with Gasteiger partial charge in [-0.25, -0.2) is 4.39 Å². The van der Waals surface area contributed by atoms with E-state index in [1.54, 1.807) is 6.08 Å². The lowest BCUT2D eigenvalue weighted by Gasteiger charge is -2.57. The molecule has 0 unspecified atom stereocenters. The Bertz CT molecular complexity index is 838. The second-order valence-corrected chi connectivity index (χ2v) is 9.21. The van der Waals surface area contributed by atoms with E-state index in [2.05, 4.69) is 13.8 Å². The lowest BCUT2D eigenvalue weighted by Crippen LogP contribution is -2.52. The minimum Gasteiger partial charge on any atom is -0.457 e. The fourth-order valence-electron chi connectivity index (χ4n) is 6.45. The first-order chi connectivity index (χ1) is 13.2. The number of ether oxygens (including phenoxy) is 1. The molecule has 0 amide bonds. The van der Waals surface area contributed by atoms with Crippen LogP contribution in [0.4, 0.5) is 4.39 Å². The molecule has 0 aromatic carbocycles. The van der Waals surface area contributed by atoms with Gasteiger partial charge in [0.1, 0.15) is 6.17 Å². The third-order valence-electron chi connectivity index (χ3n) is 7.83. The van der Waals surface area contributed by atoms with Gasteiger partial charge in [-0.05, 0) is 66.6 Å². The predicted molar refractivity (Wildman–Crippen MR) is 102 cm³/mol. The summed E-state index contributed by atoms with van der Waals surface area (Å²) >= 11 is 0. The van der Waals surface area contributed by atoms with Crippen molar-refractivity contribution in [1.82, 2.24) is 0 Å². The highest BCUT2D eigenvalue weighted by atomic mass is 19.1. The minimum atomic E-state index is -1.12. The maximum Gasteiger partial charge on any atom is 0.303 e. The van der Waals surface area contributed by atoms with Crippen LogP contribution in [0.2, 0.25) is 0 Å². The van der Waals surface area contributed by atoms with Crippen molar-refractivity contribution in [3.8, 4) is 0 Å². The number of carbonyl (C=O) groups excluding carboxylic acids is 3.